The van der Waals surface area contributed by atoms with Crippen LogP contribution in [0.1, 0.15) is 21.3 Å². The van der Waals surface area contributed by atoms with Gasteiger partial charge in [0.2, 0.25) is 5.91 Å². The lowest BCUT2D eigenvalue weighted by atomic mass is 10.1. The number of halogens is 1. The van der Waals surface area contributed by atoms with Crippen LogP contribution in [0, 0.1) is 0 Å². The SMILES string of the molecule is CNC(=O)c1ccc(Cl)c(NC(=O)C(N)c2cccs2)c1. The number of nitrogens with two attached hydrogens (primary N) is 1. The molecular formula is C14H14ClN3O2S. The van der Waals surface area contributed by atoms with Crippen LogP contribution in [-0.4, -0.2) is 18.9 Å². The van der Waals surface area contributed by atoms with E-state index in [0.29, 0.717) is 16.3 Å². The highest BCUT2D eigenvalue weighted by Crippen LogP contribution is 2.25. The lowest BCUT2D eigenvalue weighted by molar-refractivity contribution is -0.117. The van der Waals surface area contributed by atoms with E-state index >= 15 is 0 Å². The molecule has 5 nitrogen and oxygen atoms in total. The molecule has 21 heavy (non-hydrogen) atoms. The van der Waals surface area contributed by atoms with Crippen LogP contribution in [0.5, 0.6) is 0 Å². The molecule has 0 fully saturated rings. The van der Waals surface area contributed by atoms with E-state index in [1.807, 2.05) is 11.4 Å². The topological polar surface area (TPSA) is 84.2 Å². The Balaban J connectivity index is 2.19. The normalized spacial score (nSPS) is 11.8. The quantitative estimate of drug-likeness (QED) is 0.807. The van der Waals surface area contributed by atoms with Gasteiger partial charge in [-0.2, -0.15) is 0 Å². The molecule has 0 aliphatic heterocycles. The van der Waals surface area contributed by atoms with E-state index in [1.54, 1.807) is 18.2 Å². The number of anilines is 1. The van der Waals surface area contributed by atoms with E-state index < -0.39 is 6.04 Å². The second-order valence-corrected chi connectivity index (χ2v) is 5.64. The fraction of sp³-hybridized carbons (Fsp3) is 0.143. The van der Waals surface area contributed by atoms with E-state index in [-0.39, 0.29) is 11.8 Å². The van der Waals surface area contributed by atoms with Gasteiger partial charge in [0.25, 0.3) is 5.91 Å². The highest BCUT2D eigenvalue weighted by Gasteiger charge is 2.18. The number of carbonyl (C=O) groups is 2. The molecule has 0 bridgehead atoms. The molecule has 1 unspecified atom stereocenters. The maximum Gasteiger partial charge on any atom is 0.251 e. The molecule has 0 saturated carbocycles. The van der Waals surface area contributed by atoms with Crippen LogP contribution in [-0.2, 0) is 4.79 Å². The summed E-state index contributed by atoms with van der Waals surface area (Å²) in [6.45, 7) is 0. The van der Waals surface area contributed by atoms with Crippen molar-refractivity contribution in [1.29, 1.82) is 0 Å². The minimum Gasteiger partial charge on any atom is -0.355 e. The molecule has 0 saturated heterocycles. The van der Waals surface area contributed by atoms with E-state index in [9.17, 15) is 9.59 Å². The predicted molar refractivity (Wildman–Crippen MR) is 84.7 cm³/mol. The second kappa shape index (κ2) is 6.71. The van der Waals surface area contributed by atoms with Crippen molar-refractivity contribution in [1.82, 2.24) is 5.32 Å². The van der Waals surface area contributed by atoms with Crippen LogP contribution in [0.4, 0.5) is 5.69 Å². The predicted octanol–water partition coefficient (Wildman–Crippen LogP) is 2.40. The second-order valence-electron chi connectivity index (χ2n) is 4.26. The van der Waals surface area contributed by atoms with Crippen molar-refractivity contribution in [2.24, 2.45) is 5.73 Å². The van der Waals surface area contributed by atoms with Gasteiger partial charge in [-0.25, -0.2) is 0 Å². The molecule has 4 N–H and O–H groups in total. The Kier molecular flexibility index (Phi) is 4.95. The van der Waals surface area contributed by atoms with Crippen molar-refractivity contribution in [3.8, 4) is 0 Å². The van der Waals surface area contributed by atoms with Gasteiger partial charge in [0.05, 0.1) is 10.7 Å². The summed E-state index contributed by atoms with van der Waals surface area (Å²) in [6.07, 6.45) is 0. The van der Waals surface area contributed by atoms with Crippen LogP contribution in [0.15, 0.2) is 35.7 Å². The van der Waals surface area contributed by atoms with Gasteiger partial charge < -0.3 is 16.4 Å². The first-order valence-electron chi connectivity index (χ1n) is 6.14. The van der Waals surface area contributed by atoms with Gasteiger partial charge in [-0.05, 0) is 29.6 Å². The van der Waals surface area contributed by atoms with Gasteiger partial charge in [-0.15, -0.1) is 11.3 Å². The van der Waals surface area contributed by atoms with Crippen molar-refractivity contribution in [2.75, 3.05) is 12.4 Å². The molecule has 1 aromatic carbocycles. The van der Waals surface area contributed by atoms with Gasteiger partial charge >= 0.3 is 0 Å². The fourth-order valence-corrected chi connectivity index (χ4v) is 2.60. The average molecular weight is 324 g/mol. The minimum absolute atomic E-state index is 0.260. The minimum atomic E-state index is -0.773. The molecule has 1 atom stereocenters. The van der Waals surface area contributed by atoms with Gasteiger partial charge in [-0.3, -0.25) is 9.59 Å². The number of hydrogen-bond donors (Lipinski definition) is 3. The number of amides is 2. The fourth-order valence-electron chi connectivity index (χ4n) is 1.71. The number of rotatable bonds is 4. The molecular weight excluding hydrogens is 310 g/mol. The molecule has 1 heterocycles. The van der Waals surface area contributed by atoms with Gasteiger partial charge in [0.15, 0.2) is 0 Å². The van der Waals surface area contributed by atoms with Crippen molar-refractivity contribution >= 4 is 40.4 Å². The number of thiophene rings is 1. The Morgan fingerprint density at radius 3 is 2.71 bits per heavy atom. The number of carbonyl (C=O) groups excluding carboxylic acids is 2. The summed E-state index contributed by atoms with van der Waals surface area (Å²) in [5.74, 6) is -0.641. The third-order valence-corrected chi connectivity index (χ3v) is 4.13. The smallest absolute Gasteiger partial charge is 0.251 e. The first kappa shape index (κ1) is 15.5. The zero-order chi connectivity index (χ0) is 15.4. The molecule has 2 amide bonds. The van der Waals surface area contributed by atoms with Crippen molar-refractivity contribution in [3.63, 3.8) is 0 Å². The maximum atomic E-state index is 12.1. The Morgan fingerprint density at radius 2 is 2.10 bits per heavy atom. The third kappa shape index (κ3) is 3.60. The van der Waals surface area contributed by atoms with Crippen molar-refractivity contribution in [2.45, 2.75) is 6.04 Å². The van der Waals surface area contributed by atoms with E-state index in [0.717, 1.165) is 4.88 Å². The first-order chi connectivity index (χ1) is 10.0. The summed E-state index contributed by atoms with van der Waals surface area (Å²) >= 11 is 7.44. The van der Waals surface area contributed by atoms with E-state index in [1.165, 1.54) is 24.5 Å². The zero-order valence-corrected chi connectivity index (χ0v) is 12.8. The Labute approximate surface area is 131 Å². The van der Waals surface area contributed by atoms with Gasteiger partial charge in [0, 0.05) is 17.5 Å². The van der Waals surface area contributed by atoms with Crippen LogP contribution < -0.4 is 16.4 Å². The number of nitrogens with one attached hydrogen (secondary N) is 2. The standard InChI is InChI=1S/C14H14ClN3O2S/c1-17-13(19)8-4-5-9(15)10(7-8)18-14(20)12(16)11-3-2-6-21-11/h2-7,12H,16H2,1H3,(H,17,19)(H,18,20). The summed E-state index contributed by atoms with van der Waals surface area (Å²) in [6, 6.07) is 7.49. The van der Waals surface area contributed by atoms with E-state index in [4.69, 9.17) is 17.3 Å². The highest BCUT2D eigenvalue weighted by molar-refractivity contribution is 7.10. The van der Waals surface area contributed by atoms with Gasteiger partial charge in [-0.1, -0.05) is 17.7 Å². The molecule has 2 rings (SSSR count). The zero-order valence-electron chi connectivity index (χ0n) is 11.2. The first-order valence-corrected chi connectivity index (χ1v) is 7.40. The summed E-state index contributed by atoms with van der Waals surface area (Å²) < 4.78 is 0. The lowest BCUT2D eigenvalue weighted by Crippen LogP contribution is -2.27. The van der Waals surface area contributed by atoms with Crippen molar-refractivity contribution < 1.29 is 9.59 Å². The molecule has 0 spiro atoms. The summed E-state index contributed by atoms with van der Waals surface area (Å²) in [5.41, 5.74) is 6.64. The molecule has 0 radical (unpaired) electrons. The molecule has 0 aliphatic carbocycles. The van der Waals surface area contributed by atoms with Gasteiger partial charge in [0.1, 0.15) is 6.04 Å². The summed E-state index contributed by atoms with van der Waals surface area (Å²) in [7, 11) is 1.53. The molecule has 1 aromatic heterocycles. The summed E-state index contributed by atoms with van der Waals surface area (Å²) in [4.78, 5) is 24.5. The van der Waals surface area contributed by atoms with Crippen LogP contribution in [0.25, 0.3) is 0 Å². The average Bonchev–Trinajstić information content (AvgIpc) is 3.02. The molecule has 7 heteroatoms. The summed E-state index contributed by atoms with van der Waals surface area (Å²) in [5, 5.41) is 7.35. The monoisotopic (exact) mass is 323 g/mol. The number of benzene rings is 1. The van der Waals surface area contributed by atoms with E-state index in [2.05, 4.69) is 10.6 Å². The van der Waals surface area contributed by atoms with Crippen LogP contribution in [0.3, 0.4) is 0 Å². The molecule has 110 valence electrons. The largest absolute Gasteiger partial charge is 0.355 e. The Bertz CT molecular complexity index is 658. The van der Waals surface area contributed by atoms with Crippen LogP contribution >= 0.6 is 22.9 Å². The maximum absolute atomic E-state index is 12.1. The lowest BCUT2D eigenvalue weighted by Gasteiger charge is -2.12. The Morgan fingerprint density at radius 1 is 1.33 bits per heavy atom. The molecule has 0 aliphatic rings. The highest BCUT2D eigenvalue weighted by atomic mass is 35.5. The van der Waals surface area contributed by atoms with Crippen molar-refractivity contribution in [3.05, 3.63) is 51.2 Å². The van der Waals surface area contributed by atoms with Crippen LogP contribution in [0.2, 0.25) is 5.02 Å². The molecule has 2 aromatic rings. The number of hydrogen-bond acceptors (Lipinski definition) is 4. The third-order valence-electron chi connectivity index (χ3n) is 2.85. The Hall–Kier alpha value is -1.89.